The number of hydrogen-bond acceptors (Lipinski definition) is 2. The Balaban J connectivity index is 0.944. The third-order valence-corrected chi connectivity index (χ3v) is 12.8. The normalized spacial score (nSPS) is 49.5. The molecule has 8 bridgehead atoms. The summed E-state index contributed by atoms with van der Waals surface area (Å²) in [6.45, 7) is 8.31. The molecule has 9 aliphatic carbocycles. The second kappa shape index (κ2) is 9.19. The van der Waals surface area contributed by atoms with Crippen LogP contribution >= 0.6 is 24.4 Å². The lowest BCUT2D eigenvalue weighted by Crippen LogP contribution is -2.63. The second-order valence-corrected chi connectivity index (χ2v) is 17.9. The van der Waals surface area contributed by atoms with Gasteiger partial charge in [-0.3, -0.25) is 0 Å². The molecule has 0 aromatic heterocycles. The van der Waals surface area contributed by atoms with Crippen molar-refractivity contribution in [1.29, 1.82) is 0 Å². The molecule has 4 nitrogen and oxygen atoms in total. The van der Waals surface area contributed by atoms with E-state index in [1.807, 2.05) is 0 Å². The van der Waals surface area contributed by atoms with E-state index in [4.69, 9.17) is 24.4 Å². The van der Waals surface area contributed by atoms with Gasteiger partial charge in [0.2, 0.25) is 0 Å². The maximum absolute atomic E-state index is 6.00. The van der Waals surface area contributed by atoms with Crippen molar-refractivity contribution >= 4 is 34.7 Å². The van der Waals surface area contributed by atoms with Crippen LogP contribution in [0.5, 0.6) is 0 Å². The van der Waals surface area contributed by atoms with E-state index >= 15 is 0 Å². The zero-order valence-electron chi connectivity index (χ0n) is 24.2. The van der Waals surface area contributed by atoms with Crippen LogP contribution in [0.3, 0.4) is 0 Å². The Morgan fingerprint density at radius 3 is 1.47 bits per heavy atom. The molecule has 0 aliphatic heterocycles. The van der Waals surface area contributed by atoms with Crippen molar-refractivity contribution in [3.8, 4) is 0 Å². The van der Waals surface area contributed by atoms with Gasteiger partial charge < -0.3 is 21.3 Å². The van der Waals surface area contributed by atoms with E-state index in [9.17, 15) is 0 Å². The topological polar surface area (TPSA) is 48.1 Å². The molecule has 6 heteroatoms. The van der Waals surface area contributed by atoms with Crippen molar-refractivity contribution in [3.05, 3.63) is 0 Å². The Labute approximate surface area is 242 Å². The van der Waals surface area contributed by atoms with Gasteiger partial charge in [0.15, 0.2) is 10.2 Å². The quantitative estimate of drug-likeness (QED) is 0.293. The predicted octanol–water partition coefficient (Wildman–Crippen LogP) is 6.44. The average Bonchev–Trinajstić information content (AvgIpc) is 2.73. The van der Waals surface area contributed by atoms with Crippen LogP contribution in [0.25, 0.3) is 0 Å². The molecule has 4 N–H and O–H groups in total. The first kappa shape index (κ1) is 26.3. The lowest BCUT2D eigenvalue weighted by molar-refractivity contribution is -0.0108. The predicted molar refractivity (Wildman–Crippen MR) is 164 cm³/mol. The van der Waals surface area contributed by atoms with E-state index in [-0.39, 0.29) is 21.9 Å². The first-order chi connectivity index (χ1) is 18.0. The lowest BCUT2D eigenvalue weighted by atomic mass is 9.53. The molecular weight excluding hydrogens is 505 g/mol. The largest absolute Gasteiger partial charge is 0.362 e. The molecule has 9 rings (SSSR count). The molecule has 0 aromatic rings. The van der Waals surface area contributed by atoms with Crippen molar-refractivity contribution in [2.45, 2.75) is 134 Å². The molecular formula is C32H52N4S2. The van der Waals surface area contributed by atoms with Crippen LogP contribution in [-0.2, 0) is 0 Å². The summed E-state index contributed by atoms with van der Waals surface area (Å²) in [5.41, 5.74) is 1.05. The van der Waals surface area contributed by atoms with E-state index in [1.54, 1.807) is 0 Å². The Hall–Kier alpha value is -0.620. The number of nitrogens with one attached hydrogen (secondary N) is 4. The molecule has 9 aliphatic rings. The Morgan fingerprint density at radius 2 is 1.03 bits per heavy atom. The maximum atomic E-state index is 6.00. The first-order valence-electron chi connectivity index (χ1n) is 16.1. The number of hydrogen-bond donors (Lipinski definition) is 4. The summed E-state index contributed by atoms with van der Waals surface area (Å²) in [6.07, 6.45) is 20.4. The molecule has 38 heavy (non-hydrogen) atoms. The first-order valence-corrected chi connectivity index (χ1v) is 16.9. The van der Waals surface area contributed by atoms with E-state index in [0.717, 1.165) is 58.7 Å². The van der Waals surface area contributed by atoms with Gasteiger partial charge in [-0.05, 0) is 167 Å². The van der Waals surface area contributed by atoms with Crippen LogP contribution in [0.2, 0.25) is 0 Å². The van der Waals surface area contributed by atoms with Crippen molar-refractivity contribution in [2.75, 3.05) is 6.54 Å². The molecule has 2 atom stereocenters. The zero-order valence-corrected chi connectivity index (χ0v) is 25.8. The van der Waals surface area contributed by atoms with E-state index in [0.29, 0.717) is 6.04 Å². The van der Waals surface area contributed by atoms with Crippen LogP contribution in [0.15, 0.2) is 0 Å². The summed E-state index contributed by atoms with van der Waals surface area (Å²) in [7, 11) is 0. The van der Waals surface area contributed by atoms with Crippen molar-refractivity contribution in [2.24, 2.45) is 46.3 Å². The number of rotatable bonds is 5. The van der Waals surface area contributed by atoms with Gasteiger partial charge in [-0.15, -0.1) is 0 Å². The van der Waals surface area contributed by atoms with Crippen LogP contribution in [0.4, 0.5) is 0 Å². The van der Waals surface area contributed by atoms with Gasteiger partial charge in [-0.1, -0.05) is 20.8 Å². The summed E-state index contributed by atoms with van der Waals surface area (Å²) in [6, 6.07) is 0.421. The van der Waals surface area contributed by atoms with Gasteiger partial charge in [0, 0.05) is 23.7 Å². The molecule has 9 saturated carbocycles. The van der Waals surface area contributed by atoms with Gasteiger partial charge in [0.05, 0.1) is 0 Å². The summed E-state index contributed by atoms with van der Waals surface area (Å²) in [5.74, 6) is 5.64. The van der Waals surface area contributed by atoms with E-state index in [1.165, 1.54) is 89.9 Å². The minimum atomic E-state index is 0.197. The van der Waals surface area contributed by atoms with Crippen molar-refractivity contribution in [1.82, 2.24) is 21.3 Å². The molecule has 9 fully saturated rings. The third kappa shape index (κ3) is 5.23. The summed E-state index contributed by atoms with van der Waals surface area (Å²) in [5, 5.41) is 17.2. The fraction of sp³-hybridized carbons (Fsp3) is 0.938. The smallest absolute Gasteiger partial charge is 0.166 e. The summed E-state index contributed by atoms with van der Waals surface area (Å²) >= 11 is 11.9. The van der Waals surface area contributed by atoms with Gasteiger partial charge in [0.25, 0.3) is 0 Å². The van der Waals surface area contributed by atoms with Gasteiger partial charge >= 0.3 is 0 Å². The molecule has 212 valence electrons. The molecule has 0 radical (unpaired) electrons. The van der Waals surface area contributed by atoms with Gasteiger partial charge in [-0.2, -0.15) is 0 Å². The molecule has 0 saturated heterocycles. The molecule has 0 heterocycles. The van der Waals surface area contributed by atoms with Crippen LogP contribution in [0, 0.1) is 46.3 Å². The van der Waals surface area contributed by atoms with Crippen LogP contribution in [0.1, 0.15) is 117 Å². The highest BCUT2D eigenvalue weighted by Gasteiger charge is 2.53. The third-order valence-electron chi connectivity index (χ3n) is 12.3. The Morgan fingerprint density at radius 1 is 0.605 bits per heavy atom. The van der Waals surface area contributed by atoms with Crippen molar-refractivity contribution in [3.63, 3.8) is 0 Å². The minimum Gasteiger partial charge on any atom is -0.362 e. The van der Waals surface area contributed by atoms with Crippen LogP contribution in [-0.4, -0.2) is 33.9 Å². The Bertz CT molecular complexity index is 904. The lowest BCUT2D eigenvalue weighted by Gasteiger charge is -2.57. The number of thiocarbonyl (C=S) groups is 2. The monoisotopic (exact) mass is 556 g/mol. The highest BCUT2D eigenvalue weighted by atomic mass is 32.1. The second-order valence-electron chi connectivity index (χ2n) is 17.1. The molecule has 0 amide bonds. The minimum absolute atomic E-state index is 0.197. The van der Waals surface area contributed by atoms with Crippen molar-refractivity contribution < 1.29 is 0 Å². The highest BCUT2D eigenvalue weighted by Crippen LogP contribution is 2.57. The summed E-state index contributed by atoms with van der Waals surface area (Å²) < 4.78 is 0. The molecule has 0 aromatic carbocycles. The fourth-order valence-electron chi connectivity index (χ4n) is 12.4. The van der Waals surface area contributed by atoms with Gasteiger partial charge in [-0.25, -0.2) is 0 Å². The Kier molecular flexibility index (Phi) is 6.36. The zero-order chi connectivity index (χ0) is 26.3. The fourth-order valence-corrected chi connectivity index (χ4v) is 13.1. The van der Waals surface area contributed by atoms with Crippen LogP contribution < -0.4 is 21.3 Å². The van der Waals surface area contributed by atoms with E-state index in [2.05, 4.69) is 42.0 Å². The average molecular weight is 557 g/mol. The SMILES string of the molecule is CC1(C)C[C@@H](NC(=S)NC23CC4CC(CC(C4)C2)C3)C[C@@](C)(CNC(=S)NC23CC4CC(CC(C4)C2)C3)C1. The maximum Gasteiger partial charge on any atom is 0.166 e. The molecule has 0 unspecified atom stereocenters. The highest BCUT2D eigenvalue weighted by molar-refractivity contribution is 7.80. The van der Waals surface area contributed by atoms with Gasteiger partial charge in [0.1, 0.15) is 0 Å². The van der Waals surface area contributed by atoms with E-state index < -0.39 is 0 Å². The molecule has 0 spiro atoms. The standard InChI is InChI=1S/C32H52N4S2/c1-29(2)16-26(34-28(38)36-32-13-23-7-24(14-32)9-25(8-23)15-32)17-30(3,18-29)19-33-27(37)35-31-10-20-4-21(11-31)6-22(5-20)12-31/h20-26H,4-19H2,1-3H3,(H2,33,35,37)(H2,34,36,38)/t20?,21?,22?,23?,24?,25?,26-,30-,31?,32?/m1/s1. The summed E-state index contributed by atoms with van der Waals surface area (Å²) in [4.78, 5) is 0.